The zero-order chi connectivity index (χ0) is 24.7. The van der Waals surface area contributed by atoms with E-state index >= 15 is 0 Å². The van der Waals surface area contributed by atoms with E-state index in [9.17, 15) is 9.18 Å². The van der Waals surface area contributed by atoms with Crippen molar-refractivity contribution in [1.29, 1.82) is 0 Å². The molecule has 3 aromatic carbocycles. The molecule has 0 atom stereocenters. The van der Waals surface area contributed by atoms with Gasteiger partial charge in [0.05, 0.1) is 5.52 Å². The van der Waals surface area contributed by atoms with Crippen LogP contribution in [0.3, 0.4) is 0 Å². The first-order chi connectivity index (χ1) is 17.6. The molecule has 5 rings (SSSR count). The summed E-state index contributed by atoms with van der Waals surface area (Å²) in [6.45, 7) is 1.14. The number of aromatic nitrogens is 2. The highest BCUT2D eigenvalue weighted by atomic mass is 19.1. The molecule has 0 aliphatic heterocycles. The van der Waals surface area contributed by atoms with Gasteiger partial charge in [-0.2, -0.15) is 0 Å². The van der Waals surface area contributed by atoms with Crippen molar-refractivity contribution in [2.24, 2.45) is 5.92 Å². The highest BCUT2D eigenvalue weighted by molar-refractivity contribution is 5.97. The predicted octanol–water partition coefficient (Wildman–Crippen LogP) is 6.57. The molecule has 0 spiro atoms. The van der Waals surface area contributed by atoms with Gasteiger partial charge in [0.1, 0.15) is 29.5 Å². The van der Waals surface area contributed by atoms with Crippen LogP contribution in [-0.4, -0.2) is 22.4 Å². The van der Waals surface area contributed by atoms with Crippen LogP contribution in [0.1, 0.15) is 65.8 Å². The van der Waals surface area contributed by atoms with E-state index in [0.717, 1.165) is 29.7 Å². The zero-order valence-electron chi connectivity index (χ0n) is 20.4. The van der Waals surface area contributed by atoms with Gasteiger partial charge in [-0.15, -0.1) is 0 Å². The lowest BCUT2D eigenvalue weighted by atomic mass is 10.0. The molecule has 0 bridgehead atoms. The summed E-state index contributed by atoms with van der Waals surface area (Å²) >= 11 is 0. The summed E-state index contributed by atoms with van der Waals surface area (Å²) in [5, 5.41) is 3.01. The molecule has 1 amide bonds. The lowest BCUT2D eigenvalue weighted by molar-refractivity contribution is 0.0945. The van der Waals surface area contributed by atoms with Crippen molar-refractivity contribution in [3.63, 3.8) is 0 Å². The molecule has 6 heteroatoms. The van der Waals surface area contributed by atoms with Gasteiger partial charge in [-0.3, -0.25) is 4.79 Å². The maximum atomic E-state index is 14.9. The summed E-state index contributed by atoms with van der Waals surface area (Å²) in [5.74, 6) is 1.21. The Morgan fingerprint density at radius 3 is 2.56 bits per heavy atom. The predicted molar refractivity (Wildman–Crippen MR) is 140 cm³/mol. The number of amides is 1. The Morgan fingerprint density at radius 2 is 1.75 bits per heavy atom. The monoisotopic (exact) mass is 485 g/mol. The standard InChI is InChI=1S/C30H32FN3O2/c31-26-17-24(30(35)32-19-21-9-4-1-2-5-10-21)18-27-29(26)34-28(33-27)16-23-13-8-14-25(15-23)36-20-22-11-6-3-7-12-22/h3,6-8,11-15,17-18,21H,1-2,4-5,9-10,16,19-20H2,(H,32,35)(H,33,34). The average Bonchev–Trinajstić information content (AvgIpc) is 3.12. The molecule has 1 saturated carbocycles. The molecule has 1 aliphatic carbocycles. The number of hydrogen-bond acceptors (Lipinski definition) is 3. The molecule has 2 N–H and O–H groups in total. The number of nitrogens with one attached hydrogen (secondary N) is 2. The van der Waals surface area contributed by atoms with Gasteiger partial charge in [-0.05, 0) is 54.2 Å². The van der Waals surface area contributed by atoms with Crippen LogP contribution in [0.2, 0.25) is 0 Å². The lowest BCUT2D eigenvalue weighted by Crippen LogP contribution is -2.29. The number of ether oxygens (including phenoxy) is 1. The molecule has 0 unspecified atom stereocenters. The quantitative estimate of drug-likeness (QED) is 0.277. The van der Waals surface area contributed by atoms with Gasteiger partial charge in [0.15, 0.2) is 0 Å². The summed E-state index contributed by atoms with van der Waals surface area (Å²) in [6, 6.07) is 20.8. The van der Waals surface area contributed by atoms with Crippen LogP contribution in [0.5, 0.6) is 5.75 Å². The summed E-state index contributed by atoms with van der Waals surface area (Å²) in [4.78, 5) is 20.4. The fourth-order valence-electron chi connectivity index (χ4n) is 4.92. The molecule has 1 heterocycles. The molecule has 1 aliphatic rings. The number of benzene rings is 3. The number of halogens is 1. The van der Waals surface area contributed by atoms with Gasteiger partial charge in [0.25, 0.3) is 5.91 Å². The van der Waals surface area contributed by atoms with Crippen LogP contribution in [0.15, 0.2) is 66.7 Å². The van der Waals surface area contributed by atoms with Crippen molar-refractivity contribution >= 4 is 16.9 Å². The second kappa shape index (κ2) is 11.4. The third-order valence-electron chi connectivity index (χ3n) is 6.90. The van der Waals surface area contributed by atoms with Crippen LogP contribution in [0.4, 0.5) is 4.39 Å². The van der Waals surface area contributed by atoms with Gasteiger partial charge in [-0.1, -0.05) is 68.1 Å². The Morgan fingerprint density at radius 1 is 0.972 bits per heavy atom. The summed E-state index contributed by atoms with van der Waals surface area (Å²) in [7, 11) is 0. The summed E-state index contributed by atoms with van der Waals surface area (Å²) < 4.78 is 20.8. The van der Waals surface area contributed by atoms with Crippen molar-refractivity contribution in [3.8, 4) is 5.75 Å². The van der Waals surface area contributed by atoms with Gasteiger partial charge < -0.3 is 15.0 Å². The minimum Gasteiger partial charge on any atom is -0.489 e. The number of carbonyl (C=O) groups is 1. The number of fused-ring (bicyclic) bond motifs is 1. The van der Waals surface area contributed by atoms with Crippen LogP contribution < -0.4 is 10.1 Å². The molecule has 1 aromatic heterocycles. The van der Waals surface area contributed by atoms with E-state index in [1.807, 2.05) is 54.6 Å². The number of rotatable bonds is 8. The molecular weight excluding hydrogens is 453 g/mol. The normalized spacial score (nSPS) is 14.5. The van der Waals surface area contributed by atoms with E-state index in [1.54, 1.807) is 6.07 Å². The van der Waals surface area contributed by atoms with E-state index in [-0.39, 0.29) is 5.91 Å². The topological polar surface area (TPSA) is 67.0 Å². The highest BCUT2D eigenvalue weighted by Crippen LogP contribution is 2.24. The van der Waals surface area contributed by atoms with E-state index in [1.165, 1.54) is 31.7 Å². The SMILES string of the molecule is O=C(NCC1CCCCCC1)c1cc(F)c2[nH]c(Cc3cccc(OCc4ccccc4)c3)nc2c1. The first-order valence-corrected chi connectivity index (χ1v) is 12.9. The van der Waals surface area contributed by atoms with Crippen LogP contribution in [0.25, 0.3) is 11.0 Å². The highest BCUT2D eigenvalue weighted by Gasteiger charge is 2.17. The van der Waals surface area contributed by atoms with Crippen LogP contribution in [-0.2, 0) is 13.0 Å². The van der Waals surface area contributed by atoms with Gasteiger partial charge in [0.2, 0.25) is 0 Å². The fourth-order valence-corrected chi connectivity index (χ4v) is 4.92. The maximum Gasteiger partial charge on any atom is 0.251 e. The molecule has 5 nitrogen and oxygen atoms in total. The minimum atomic E-state index is -0.467. The molecule has 0 saturated heterocycles. The van der Waals surface area contributed by atoms with Crippen molar-refractivity contribution in [2.45, 2.75) is 51.6 Å². The molecular formula is C30H32FN3O2. The van der Waals surface area contributed by atoms with Crippen molar-refractivity contribution < 1.29 is 13.9 Å². The lowest BCUT2D eigenvalue weighted by Gasteiger charge is -2.14. The third-order valence-corrected chi connectivity index (χ3v) is 6.90. The molecule has 4 aromatic rings. The van der Waals surface area contributed by atoms with E-state index < -0.39 is 5.82 Å². The smallest absolute Gasteiger partial charge is 0.251 e. The van der Waals surface area contributed by atoms with E-state index in [0.29, 0.717) is 47.9 Å². The van der Waals surface area contributed by atoms with Crippen molar-refractivity contribution in [2.75, 3.05) is 6.54 Å². The molecule has 36 heavy (non-hydrogen) atoms. The Labute approximate surface area is 211 Å². The zero-order valence-corrected chi connectivity index (χ0v) is 20.4. The number of aromatic amines is 1. The number of imidazole rings is 1. The number of hydrogen-bond donors (Lipinski definition) is 2. The first-order valence-electron chi connectivity index (χ1n) is 12.9. The molecule has 0 radical (unpaired) electrons. The average molecular weight is 486 g/mol. The molecule has 1 fully saturated rings. The number of carbonyl (C=O) groups excluding carboxylic acids is 1. The van der Waals surface area contributed by atoms with Gasteiger partial charge in [-0.25, -0.2) is 9.37 Å². The minimum absolute atomic E-state index is 0.243. The summed E-state index contributed by atoms with van der Waals surface area (Å²) in [5.41, 5.74) is 3.19. The van der Waals surface area contributed by atoms with Crippen molar-refractivity contribution in [1.82, 2.24) is 15.3 Å². The van der Waals surface area contributed by atoms with Crippen molar-refractivity contribution in [3.05, 3.63) is 95.1 Å². The number of nitrogens with zero attached hydrogens (tertiary/aromatic N) is 1. The van der Waals surface area contributed by atoms with E-state index in [2.05, 4.69) is 15.3 Å². The maximum absolute atomic E-state index is 14.9. The fraction of sp³-hybridized carbons (Fsp3) is 0.333. The van der Waals surface area contributed by atoms with E-state index in [4.69, 9.17) is 4.74 Å². The van der Waals surface area contributed by atoms with Gasteiger partial charge in [0, 0.05) is 18.5 Å². The second-order valence-corrected chi connectivity index (χ2v) is 9.70. The Hall–Kier alpha value is -3.67. The summed E-state index contributed by atoms with van der Waals surface area (Å²) in [6.07, 6.45) is 7.79. The van der Waals surface area contributed by atoms with Crippen LogP contribution in [0, 0.1) is 11.7 Å². The Balaban J connectivity index is 1.24. The van der Waals surface area contributed by atoms with Gasteiger partial charge >= 0.3 is 0 Å². The Bertz CT molecular complexity index is 1310. The second-order valence-electron chi connectivity index (χ2n) is 9.70. The first kappa shape index (κ1) is 24.0. The van der Waals surface area contributed by atoms with Crippen LogP contribution >= 0.6 is 0 Å². The number of H-pyrrole nitrogens is 1. The largest absolute Gasteiger partial charge is 0.489 e. The molecule has 186 valence electrons. The Kier molecular flexibility index (Phi) is 7.60. The third kappa shape index (κ3) is 6.11.